The summed E-state index contributed by atoms with van der Waals surface area (Å²) < 4.78 is 0. The first-order valence-electron chi connectivity index (χ1n) is 4.99. The van der Waals surface area contributed by atoms with Gasteiger partial charge in [-0.25, -0.2) is 0 Å². The summed E-state index contributed by atoms with van der Waals surface area (Å²) in [4.78, 5) is 0. The number of aliphatic hydroxyl groups is 1. The highest BCUT2D eigenvalue weighted by Gasteiger charge is 2.44. The maximum atomic E-state index is 9.85. The second-order valence-electron chi connectivity index (χ2n) is 3.94. The van der Waals surface area contributed by atoms with E-state index in [1.54, 1.807) is 0 Å². The van der Waals surface area contributed by atoms with Gasteiger partial charge in [0.15, 0.2) is 0 Å². The standard InChI is InChI=1S/C13H14O/c1-2-12(14)13(9-6-10-13)11-7-4-3-5-8-11/h1,3-5,7-8,12,14H,6,9-10H2/t12-/m1/s1. The van der Waals surface area contributed by atoms with Crippen molar-refractivity contribution in [2.45, 2.75) is 30.8 Å². The molecule has 0 bridgehead atoms. The van der Waals surface area contributed by atoms with E-state index in [2.05, 4.69) is 18.1 Å². The lowest BCUT2D eigenvalue weighted by Crippen LogP contribution is -2.44. The van der Waals surface area contributed by atoms with Crippen molar-refractivity contribution < 1.29 is 5.11 Å². The molecular weight excluding hydrogens is 172 g/mol. The molecule has 1 saturated carbocycles. The van der Waals surface area contributed by atoms with Crippen LogP contribution in [0.1, 0.15) is 24.8 Å². The number of aliphatic hydroxyl groups excluding tert-OH is 1. The van der Waals surface area contributed by atoms with Gasteiger partial charge in [0.1, 0.15) is 6.10 Å². The van der Waals surface area contributed by atoms with Gasteiger partial charge in [0.05, 0.1) is 0 Å². The SMILES string of the molecule is C#C[C@@H](O)C1(c2ccccc2)CCC1. The molecule has 0 heterocycles. The van der Waals surface area contributed by atoms with Gasteiger partial charge in [-0.1, -0.05) is 42.7 Å². The van der Waals surface area contributed by atoms with Gasteiger partial charge in [-0.15, -0.1) is 6.42 Å². The van der Waals surface area contributed by atoms with Crippen molar-refractivity contribution in [3.8, 4) is 12.3 Å². The molecule has 0 spiro atoms. The van der Waals surface area contributed by atoms with Crippen molar-refractivity contribution in [2.75, 3.05) is 0 Å². The second kappa shape index (κ2) is 3.48. The van der Waals surface area contributed by atoms with Crippen molar-refractivity contribution in [1.29, 1.82) is 0 Å². The molecule has 1 fully saturated rings. The molecule has 1 aliphatic rings. The first-order valence-corrected chi connectivity index (χ1v) is 4.99. The van der Waals surface area contributed by atoms with Gasteiger partial charge >= 0.3 is 0 Å². The lowest BCUT2D eigenvalue weighted by molar-refractivity contribution is 0.0697. The van der Waals surface area contributed by atoms with Crippen LogP contribution in [0.5, 0.6) is 0 Å². The van der Waals surface area contributed by atoms with E-state index >= 15 is 0 Å². The zero-order chi connectivity index (χ0) is 10.0. The molecule has 0 aliphatic heterocycles. The molecule has 0 aromatic heterocycles. The summed E-state index contributed by atoms with van der Waals surface area (Å²) in [6, 6.07) is 10.1. The molecule has 1 aromatic rings. The minimum atomic E-state index is -0.640. The van der Waals surface area contributed by atoms with Crippen molar-refractivity contribution >= 4 is 0 Å². The van der Waals surface area contributed by atoms with E-state index in [9.17, 15) is 5.11 Å². The van der Waals surface area contributed by atoms with Gasteiger partial charge in [0.25, 0.3) is 0 Å². The predicted octanol–water partition coefficient (Wildman–Crippen LogP) is 2.10. The number of benzene rings is 1. The fraction of sp³-hybridized carbons (Fsp3) is 0.385. The minimum absolute atomic E-state index is 0.157. The fourth-order valence-electron chi connectivity index (χ4n) is 2.21. The van der Waals surface area contributed by atoms with Crippen molar-refractivity contribution in [2.24, 2.45) is 0 Å². The first-order chi connectivity index (χ1) is 6.79. The van der Waals surface area contributed by atoms with Crippen LogP contribution in [0.3, 0.4) is 0 Å². The quantitative estimate of drug-likeness (QED) is 0.701. The van der Waals surface area contributed by atoms with Crippen LogP contribution in [0, 0.1) is 12.3 Å². The van der Waals surface area contributed by atoms with Crippen LogP contribution in [0.25, 0.3) is 0 Å². The third kappa shape index (κ3) is 1.23. The summed E-state index contributed by atoms with van der Waals surface area (Å²) in [6.07, 6.45) is 7.83. The molecule has 14 heavy (non-hydrogen) atoms. The third-order valence-corrected chi connectivity index (χ3v) is 3.28. The molecule has 0 saturated heterocycles. The molecule has 1 N–H and O–H groups in total. The molecule has 1 heteroatoms. The van der Waals surface area contributed by atoms with E-state index in [1.165, 1.54) is 5.56 Å². The van der Waals surface area contributed by atoms with Crippen molar-refractivity contribution in [1.82, 2.24) is 0 Å². The monoisotopic (exact) mass is 186 g/mol. The van der Waals surface area contributed by atoms with E-state index in [4.69, 9.17) is 6.42 Å². The third-order valence-electron chi connectivity index (χ3n) is 3.28. The van der Waals surface area contributed by atoms with Crippen LogP contribution < -0.4 is 0 Å². The normalized spacial score (nSPS) is 20.6. The van der Waals surface area contributed by atoms with Crippen LogP contribution in [0.2, 0.25) is 0 Å². The number of hydrogen-bond acceptors (Lipinski definition) is 1. The molecule has 72 valence electrons. The summed E-state index contributed by atoms with van der Waals surface area (Å²) in [5, 5.41) is 9.85. The second-order valence-corrected chi connectivity index (χ2v) is 3.94. The Labute approximate surface area is 84.8 Å². The topological polar surface area (TPSA) is 20.2 Å². The van der Waals surface area contributed by atoms with E-state index in [1.807, 2.05) is 18.2 Å². The summed E-state index contributed by atoms with van der Waals surface area (Å²) in [5.41, 5.74) is 1.02. The zero-order valence-corrected chi connectivity index (χ0v) is 8.11. The highest BCUT2D eigenvalue weighted by atomic mass is 16.3. The maximum Gasteiger partial charge on any atom is 0.124 e. The molecule has 1 atom stereocenters. The van der Waals surface area contributed by atoms with E-state index in [-0.39, 0.29) is 5.41 Å². The van der Waals surface area contributed by atoms with Gasteiger partial charge in [0.2, 0.25) is 0 Å². The van der Waals surface area contributed by atoms with Gasteiger partial charge in [-0.05, 0) is 18.4 Å². The molecule has 1 aromatic carbocycles. The summed E-state index contributed by atoms with van der Waals surface area (Å²) in [5.74, 6) is 2.46. The largest absolute Gasteiger partial charge is 0.379 e. The van der Waals surface area contributed by atoms with Crippen LogP contribution in [0.15, 0.2) is 30.3 Å². The molecular formula is C13H14O. The lowest BCUT2D eigenvalue weighted by Gasteiger charge is -2.44. The van der Waals surface area contributed by atoms with E-state index in [0.29, 0.717) is 0 Å². The Kier molecular flexibility index (Phi) is 2.31. The Morgan fingerprint density at radius 3 is 2.36 bits per heavy atom. The molecule has 0 amide bonds. The fourth-order valence-corrected chi connectivity index (χ4v) is 2.21. The van der Waals surface area contributed by atoms with Gasteiger partial charge in [0, 0.05) is 5.41 Å². The Morgan fingerprint density at radius 1 is 1.29 bits per heavy atom. The first kappa shape index (κ1) is 9.30. The van der Waals surface area contributed by atoms with Crippen LogP contribution >= 0.6 is 0 Å². The van der Waals surface area contributed by atoms with Crippen LogP contribution in [-0.4, -0.2) is 11.2 Å². The molecule has 0 unspecified atom stereocenters. The highest BCUT2D eigenvalue weighted by molar-refractivity contribution is 5.32. The number of rotatable bonds is 2. The van der Waals surface area contributed by atoms with Crippen molar-refractivity contribution in [3.05, 3.63) is 35.9 Å². The minimum Gasteiger partial charge on any atom is -0.379 e. The maximum absolute atomic E-state index is 9.85. The van der Waals surface area contributed by atoms with Crippen LogP contribution in [0.4, 0.5) is 0 Å². The average molecular weight is 186 g/mol. The molecule has 1 aliphatic carbocycles. The summed E-state index contributed by atoms with van der Waals surface area (Å²) >= 11 is 0. The molecule has 0 radical (unpaired) electrons. The summed E-state index contributed by atoms with van der Waals surface area (Å²) in [7, 11) is 0. The Morgan fingerprint density at radius 2 is 1.93 bits per heavy atom. The predicted molar refractivity (Wildman–Crippen MR) is 56.8 cm³/mol. The number of terminal acetylenes is 1. The number of hydrogen-bond donors (Lipinski definition) is 1. The van der Waals surface area contributed by atoms with Crippen molar-refractivity contribution in [3.63, 3.8) is 0 Å². The smallest absolute Gasteiger partial charge is 0.124 e. The highest BCUT2D eigenvalue weighted by Crippen LogP contribution is 2.46. The zero-order valence-electron chi connectivity index (χ0n) is 8.11. The Balaban J connectivity index is 2.35. The summed E-state index contributed by atoms with van der Waals surface area (Å²) in [6.45, 7) is 0. The van der Waals surface area contributed by atoms with Crippen LogP contribution in [-0.2, 0) is 5.41 Å². The van der Waals surface area contributed by atoms with E-state index in [0.717, 1.165) is 19.3 Å². The Hall–Kier alpha value is -1.26. The lowest BCUT2D eigenvalue weighted by atomic mass is 9.61. The Bertz CT molecular complexity index is 343. The molecule has 1 nitrogen and oxygen atoms in total. The van der Waals surface area contributed by atoms with E-state index < -0.39 is 6.10 Å². The van der Waals surface area contributed by atoms with Gasteiger partial charge in [-0.2, -0.15) is 0 Å². The van der Waals surface area contributed by atoms with Gasteiger partial charge < -0.3 is 5.11 Å². The molecule has 2 rings (SSSR count). The van der Waals surface area contributed by atoms with Gasteiger partial charge in [-0.3, -0.25) is 0 Å². The average Bonchev–Trinajstić information content (AvgIpc) is 2.17.